The zero-order chi connectivity index (χ0) is 22.0. The van der Waals surface area contributed by atoms with Gasteiger partial charge in [-0.25, -0.2) is 9.18 Å². The van der Waals surface area contributed by atoms with E-state index in [2.05, 4.69) is 10.5 Å². The molecule has 6 nitrogen and oxygen atoms in total. The van der Waals surface area contributed by atoms with E-state index in [1.807, 2.05) is 25.1 Å². The molecule has 0 amide bonds. The number of nitrogens with one attached hydrogen (secondary N) is 1. The highest BCUT2D eigenvalue weighted by Gasteiger charge is 2.20. The van der Waals surface area contributed by atoms with Crippen LogP contribution in [-0.2, 0) is 0 Å². The van der Waals surface area contributed by atoms with Crippen LogP contribution in [0.15, 0.2) is 78.0 Å². The van der Waals surface area contributed by atoms with Crippen molar-refractivity contribution >= 4 is 29.2 Å². The number of pyridine rings is 1. The number of aromatic nitrogens is 1. The van der Waals surface area contributed by atoms with Crippen molar-refractivity contribution in [3.8, 4) is 0 Å². The van der Waals surface area contributed by atoms with Gasteiger partial charge in [-0.1, -0.05) is 12.1 Å². The summed E-state index contributed by atoms with van der Waals surface area (Å²) in [5.74, 6) is -1.65. The lowest BCUT2D eigenvalue weighted by Crippen LogP contribution is -2.07. The first-order valence-corrected chi connectivity index (χ1v) is 9.48. The molecule has 0 spiro atoms. The van der Waals surface area contributed by atoms with E-state index in [-0.39, 0.29) is 11.3 Å². The number of benzene rings is 2. The molecule has 2 aromatic heterocycles. The fourth-order valence-corrected chi connectivity index (χ4v) is 3.43. The molecule has 7 heteroatoms. The molecule has 154 valence electrons. The molecule has 2 N–H and O–H groups in total. The van der Waals surface area contributed by atoms with Crippen LogP contribution in [0.5, 0.6) is 0 Å². The second-order valence-electron chi connectivity index (χ2n) is 6.94. The Hall–Kier alpha value is -4.26. The molecule has 0 aliphatic rings. The number of hydrogen-bond donors (Lipinski definition) is 2. The van der Waals surface area contributed by atoms with E-state index in [4.69, 9.17) is 5.11 Å². The summed E-state index contributed by atoms with van der Waals surface area (Å²) < 4.78 is 15.0. The largest absolute Gasteiger partial charge is 0.478 e. The molecule has 2 heterocycles. The Morgan fingerprint density at radius 1 is 1.03 bits per heavy atom. The number of anilines is 1. The van der Waals surface area contributed by atoms with Crippen molar-refractivity contribution < 1.29 is 19.1 Å². The first-order chi connectivity index (χ1) is 15.0. The van der Waals surface area contributed by atoms with Crippen molar-refractivity contribution in [1.82, 2.24) is 4.40 Å². The van der Waals surface area contributed by atoms with Crippen molar-refractivity contribution in [1.29, 1.82) is 0 Å². The van der Waals surface area contributed by atoms with E-state index >= 15 is 0 Å². The summed E-state index contributed by atoms with van der Waals surface area (Å²) in [4.78, 5) is 24.3. The van der Waals surface area contributed by atoms with Gasteiger partial charge in [0, 0.05) is 17.3 Å². The minimum Gasteiger partial charge on any atom is -0.478 e. The Bertz CT molecular complexity index is 1320. The second-order valence-corrected chi connectivity index (χ2v) is 6.94. The zero-order valence-corrected chi connectivity index (χ0v) is 16.5. The molecule has 0 aliphatic carbocycles. The highest BCUT2D eigenvalue weighted by atomic mass is 19.1. The first kappa shape index (κ1) is 20.0. The van der Waals surface area contributed by atoms with Crippen molar-refractivity contribution in [2.24, 2.45) is 5.10 Å². The number of carboxylic acids is 1. The van der Waals surface area contributed by atoms with Crippen LogP contribution in [0.4, 0.5) is 10.1 Å². The summed E-state index contributed by atoms with van der Waals surface area (Å²) in [6.45, 7) is 1.83. The maximum absolute atomic E-state index is 13.3. The molecule has 4 rings (SSSR count). The Balaban J connectivity index is 1.70. The Morgan fingerprint density at radius 2 is 1.81 bits per heavy atom. The molecule has 0 aliphatic heterocycles. The normalized spacial score (nSPS) is 11.2. The van der Waals surface area contributed by atoms with E-state index in [9.17, 15) is 14.0 Å². The number of rotatable bonds is 6. The highest BCUT2D eigenvalue weighted by molar-refractivity contribution is 6.12. The molecule has 0 bridgehead atoms. The van der Waals surface area contributed by atoms with Gasteiger partial charge in [0.15, 0.2) is 0 Å². The Labute approximate surface area is 177 Å². The van der Waals surface area contributed by atoms with Crippen LogP contribution in [0.3, 0.4) is 0 Å². The molecule has 0 saturated carbocycles. The van der Waals surface area contributed by atoms with E-state index < -0.39 is 11.8 Å². The van der Waals surface area contributed by atoms with Gasteiger partial charge in [-0.2, -0.15) is 5.10 Å². The molecule has 0 unspecified atom stereocenters. The third-order valence-electron chi connectivity index (χ3n) is 4.95. The molecule has 4 aromatic rings. The monoisotopic (exact) mass is 415 g/mol. The molecule has 2 aromatic carbocycles. The minimum atomic E-state index is -1.02. The van der Waals surface area contributed by atoms with Gasteiger partial charge in [0.05, 0.1) is 28.7 Å². The van der Waals surface area contributed by atoms with Gasteiger partial charge in [-0.3, -0.25) is 10.2 Å². The number of carboxylic acid groups (broad SMARTS) is 1. The van der Waals surface area contributed by atoms with Gasteiger partial charge in [-0.15, -0.1) is 0 Å². The molecule has 0 saturated heterocycles. The smallest absolute Gasteiger partial charge is 0.335 e. The summed E-state index contributed by atoms with van der Waals surface area (Å²) in [6.07, 6.45) is 3.39. The summed E-state index contributed by atoms with van der Waals surface area (Å²) in [5.41, 5.74) is 6.62. The van der Waals surface area contributed by atoms with Crippen LogP contribution in [0.25, 0.3) is 5.52 Å². The lowest BCUT2D eigenvalue weighted by atomic mass is 10.0. The fourth-order valence-electron chi connectivity index (χ4n) is 3.43. The molecular weight excluding hydrogens is 397 g/mol. The lowest BCUT2D eigenvalue weighted by molar-refractivity contribution is 0.0696. The number of carbonyl (C=O) groups excluding carboxylic acids is 1. The summed E-state index contributed by atoms with van der Waals surface area (Å²) in [5, 5.41) is 13.3. The number of halogens is 1. The Morgan fingerprint density at radius 3 is 2.55 bits per heavy atom. The SMILES string of the molecule is Cc1c(/C=N/Nc2cccc(C(=O)O)c2)c2ccccn2c1C(=O)c1ccc(F)cc1. The van der Waals surface area contributed by atoms with E-state index in [0.29, 0.717) is 16.9 Å². The topological polar surface area (TPSA) is 83.2 Å². The number of ketones is 1. The zero-order valence-electron chi connectivity index (χ0n) is 16.5. The molecule has 0 fully saturated rings. The van der Waals surface area contributed by atoms with Crippen LogP contribution in [-0.4, -0.2) is 27.5 Å². The van der Waals surface area contributed by atoms with Gasteiger partial charge in [0.2, 0.25) is 5.78 Å². The fraction of sp³-hybridized carbons (Fsp3) is 0.0417. The molecule has 31 heavy (non-hydrogen) atoms. The van der Waals surface area contributed by atoms with Crippen LogP contribution in [0.2, 0.25) is 0 Å². The molecule has 0 atom stereocenters. The number of fused-ring (bicyclic) bond motifs is 1. The predicted octanol–water partition coefficient (Wildman–Crippen LogP) is 4.76. The average molecular weight is 415 g/mol. The summed E-state index contributed by atoms with van der Waals surface area (Å²) >= 11 is 0. The maximum Gasteiger partial charge on any atom is 0.335 e. The van der Waals surface area contributed by atoms with E-state index in [1.165, 1.54) is 36.4 Å². The van der Waals surface area contributed by atoms with Gasteiger partial charge in [0.25, 0.3) is 0 Å². The van der Waals surface area contributed by atoms with Crippen LogP contribution in [0, 0.1) is 12.7 Å². The number of hydrazone groups is 1. The number of hydrogen-bond acceptors (Lipinski definition) is 4. The van der Waals surface area contributed by atoms with Crippen molar-refractivity contribution in [2.75, 3.05) is 5.43 Å². The van der Waals surface area contributed by atoms with Crippen LogP contribution < -0.4 is 5.43 Å². The number of aromatic carboxylic acids is 1. The van der Waals surface area contributed by atoms with Crippen molar-refractivity contribution in [3.63, 3.8) is 0 Å². The maximum atomic E-state index is 13.3. The molecule has 0 radical (unpaired) electrons. The second kappa shape index (κ2) is 8.23. The number of nitrogens with zero attached hydrogens (tertiary/aromatic N) is 2. The van der Waals surface area contributed by atoms with E-state index in [1.54, 1.807) is 28.9 Å². The van der Waals surface area contributed by atoms with Crippen molar-refractivity contribution in [2.45, 2.75) is 6.92 Å². The minimum absolute atomic E-state index is 0.151. The third kappa shape index (κ3) is 3.93. The standard InChI is InChI=1S/C24H18FN3O3/c1-15-20(14-26-27-19-6-4-5-17(13-19)24(30)31)21-7-2-3-12-28(21)22(15)23(29)16-8-10-18(25)11-9-16/h2-14,27H,1H3,(H,30,31)/b26-14+. The van der Waals surface area contributed by atoms with Crippen molar-refractivity contribution in [3.05, 3.63) is 107 Å². The molecular formula is C24H18FN3O3. The first-order valence-electron chi connectivity index (χ1n) is 9.48. The van der Waals surface area contributed by atoms with Crippen LogP contribution in [0.1, 0.15) is 37.5 Å². The summed E-state index contributed by atoms with van der Waals surface area (Å²) in [7, 11) is 0. The average Bonchev–Trinajstić information content (AvgIpc) is 3.05. The van der Waals surface area contributed by atoms with Crippen LogP contribution >= 0.6 is 0 Å². The summed E-state index contributed by atoms with van der Waals surface area (Å²) in [6, 6.07) is 17.3. The highest BCUT2D eigenvalue weighted by Crippen LogP contribution is 2.24. The van der Waals surface area contributed by atoms with Gasteiger partial charge in [-0.05, 0) is 67.1 Å². The van der Waals surface area contributed by atoms with Gasteiger partial charge < -0.3 is 9.51 Å². The van der Waals surface area contributed by atoms with Gasteiger partial charge >= 0.3 is 5.97 Å². The number of carbonyl (C=O) groups is 2. The van der Waals surface area contributed by atoms with E-state index in [0.717, 1.165) is 16.6 Å². The predicted molar refractivity (Wildman–Crippen MR) is 117 cm³/mol. The quantitative estimate of drug-likeness (QED) is 0.270. The van der Waals surface area contributed by atoms with Gasteiger partial charge in [0.1, 0.15) is 5.82 Å². The Kier molecular flexibility index (Phi) is 5.32. The third-order valence-corrected chi connectivity index (χ3v) is 4.95. The lowest BCUT2D eigenvalue weighted by Gasteiger charge is -2.04.